The molecule has 0 aromatic carbocycles. The number of ether oxygens (including phenoxy) is 2. The van der Waals surface area contributed by atoms with Gasteiger partial charge in [-0.05, 0) is 26.2 Å². The Bertz CT molecular complexity index is 617. The van der Waals surface area contributed by atoms with Gasteiger partial charge < -0.3 is 19.7 Å². The van der Waals surface area contributed by atoms with E-state index < -0.39 is 41.8 Å². The first-order valence-electron chi connectivity index (χ1n) is 8.38. The third-order valence-electron chi connectivity index (χ3n) is 4.81. The van der Waals surface area contributed by atoms with E-state index in [1.807, 2.05) is 6.92 Å². The topological polar surface area (TPSA) is 93.1 Å². The summed E-state index contributed by atoms with van der Waals surface area (Å²) in [7, 11) is 0. The van der Waals surface area contributed by atoms with Crippen LogP contribution in [-0.4, -0.2) is 46.1 Å². The zero-order valence-corrected chi connectivity index (χ0v) is 14.9. The minimum atomic E-state index is -1.55. The molecule has 6 nitrogen and oxygen atoms in total. The molecule has 0 saturated carbocycles. The largest absolute Gasteiger partial charge is 0.458 e. The molecule has 0 aromatic heterocycles. The summed E-state index contributed by atoms with van der Waals surface area (Å²) < 4.78 is 10.9. The highest BCUT2D eigenvalue weighted by Gasteiger charge is 2.48. The van der Waals surface area contributed by atoms with E-state index in [0.29, 0.717) is 6.42 Å². The van der Waals surface area contributed by atoms with Gasteiger partial charge in [0.15, 0.2) is 0 Å². The van der Waals surface area contributed by atoms with Crippen LogP contribution >= 0.6 is 0 Å². The number of allylic oxidation sites excluding steroid dienone is 1. The first kappa shape index (κ1) is 19.4. The van der Waals surface area contributed by atoms with Gasteiger partial charge in [0.05, 0.1) is 11.5 Å². The number of hydrogen-bond acceptors (Lipinski definition) is 6. The molecule has 1 saturated heterocycles. The molecular weight excluding hydrogens is 324 g/mol. The average Bonchev–Trinajstić information content (AvgIpc) is 2.77. The van der Waals surface area contributed by atoms with E-state index in [4.69, 9.17) is 9.47 Å². The molecule has 1 heterocycles. The summed E-state index contributed by atoms with van der Waals surface area (Å²) in [6, 6.07) is 0. The highest BCUT2D eigenvalue weighted by atomic mass is 16.6. The molecule has 1 aliphatic carbocycles. The van der Waals surface area contributed by atoms with E-state index in [2.05, 4.69) is 13.2 Å². The first-order valence-corrected chi connectivity index (χ1v) is 8.38. The van der Waals surface area contributed by atoms with Crippen LogP contribution in [0.5, 0.6) is 0 Å². The van der Waals surface area contributed by atoms with Crippen molar-refractivity contribution in [1.82, 2.24) is 0 Å². The smallest absolute Gasteiger partial charge is 0.334 e. The summed E-state index contributed by atoms with van der Waals surface area (Å²) in [6.45, 7) is 12.2. The fourth-order valence-electron chi connectivity index (χ4n) is 3.26. The molecule has 6 heteroatoms. The molecule has 0 radical (unpaired) electrons. The van der Waals surface area contributed by atoms with Crippen LogP contribution in [0.25, 0.3) is 0 Å². The lowest BCUT2D eigenvalue weighted by atomic mass is 9.79. The quantitative estimate of drug-likeness (QED) is 0.447. The van der Waals surface area contributed by atoms with E-state index in [-0.39, 0.29) is 23.5 Å². The van der Waals surface area contributed by atoms with E-state index in [1.54, 1.807) is 6.08 Å². The van der Waals surface area contributed by atoms with Crippen molar-refractivity contribution in [3.63, 3.8) is 0 Å². The second-order valence-electron chi connectivity index (χ2n) is 7.32. The number of fused-ring (bicyclic) bond motifs is 1. The number of carbonyl (C=O) groups excluding carboxylic acids is 2. The minimum absolute atomic E-state index is 0.00718. The van der Waals surface area contributed by atoms with Crippen LogP contribution in [0.1, 0.15) is 33.6 Å². The van der Waals surface area contributed by atoms with Crippen LogP contribution in [0.15, 0.2) is 36.5 Å². The standard InChI is InChI=1S/C19H26O6/c1-10(2)17(21)25-14-9-19(5,23)15(20)7-6-11(3)8-13-16(14)12(4)18(22)24-13/h6-7,11,13-16,20,23H,1,4,8-9H2,2-3,5H3. The summed E-state index contributed by atoms with van der Waals surface area (Å²) in [5.41, 5.74) is -1.13. The number of carbonyl (C=O) groups is 2. The Morgan fingerprint density at radius 2 is 2.08 bits per heavy atom. The lowest BCUT2D eigenvalue weighted by molar-refractivity contribution is -0.155. The maximum atomic E-state index is 12.1. The second kappa shape index (κ2) is 7.14. The number of esters is 2. The van der Waals surface area contributed by atoms with Crippen LogP contribution in [0.2, 0.25) is 0 Å². The fourth-order valence-corrected chi connectivity index (χ4v) is 3.26. The summed E-state index contributed by atoms with van der Waals surface area (Å²) in [5, 5.41) is 21.0. The van der Waals surface area contributed by atoms with Crippen molar-refractivity contribution in [1.29, 1.82) is 0 Å². The molecule has 1 fully saturated rings. The third kappa shape index (κ3) is 4.19. The molecule has 0 amide bonds. The monoisotopic (exact) mass is 350 g/mol. The van der Waals surface area contributed by atoms with Gasteiger partial charge in [0.1, 0.15) is 18.3 Å². The average molecular weight is 350 g/mol. The van der Waals surface area contributed by atoms with Gasteiger partial charge in [-0.1, -0.05) is 32.2 Å². The van der Waals surface area contributed by atoms with Gasteiger partial charge in [-0.25, -0.2) is 9.59 Å². The predicted molar refractivity (Wildman–Crippen MR) is 91.4 cm³/mol. The van der Waals surface area contributed by atoms with E-state index in [0.717, 1.165) is 0 Å². The van der Waals surface area contributed by atoms with E-state index in [9.17, 15) is 19.8 Å². The maximum absolute atomic E-state index is 12.1. The molecule has 138 valence electrons. The van der Waals surface area contributed by atoms with Gasteiger partial charge in [0.25, 0.3) is 0 Å². The maximum Gasteiger partial charge on any atom is 0.334 e. The normalized spacial score (nSPS) is 38.7. The molecule has 1 aliphatic heterocycles. The highest BCUT2D eigenvalue weighted by molar-refractivity contribution is 5.91. The van der Waals surface area contributed by atoms with Gasteiger partial charge in [-0.2, -0.15) is 0 Å². The van der Waals surface area contributed by atoms with Crippen molar-refractivity contribution in [3.05, 3.63) is 36.5 Å². The molecule has 0 aromatic rings. The van der Waals surface area contributed by atoms with Gasteiger partial charge in [-0.3, -0.25) is 0 Å². The van der Waals surface area contributed by atoms with Crippen molar-refractivity contribution in [3.8, 4) is 0 Å². The van der Waals surface area contributed by atoms with Gasteiger partial charge in [0, 0.05) is 17.6 Å². The molecule has 2 rings (SSSR count). The van der Waals surface area contributed by atoms with Crippen molar-refractivity contribution in [2.45, 2.75) is 57.5 Å². The van der Waals surface area contributed by atoms with Gasteiger partial charge in [-0.15, -0.1) is 0 Å². The molecule has 2 aliphatic rings. The lowest BCUT2D eigenvalue weighted by Crippen LogP contribution is -2.46. The molecular formula is C19H26O6. The number of rotatable bonds is 2. The number of aliphatic hydroxyl groups excluding tert-OH is 1. The Labute approximate surface area is 147 Å². The summed E-state index contributed by atoms with van der Waals surface area (Å²) >= 11 is 0. The van der Waals surface area contributed by atoms with Crippen LogP contribution in [0.3, 0.4) is 0 Å². The van der Waals surface area contributed by atoms with E-state index in [1.165, 1.54) is 19.9 Å². The molecule has 0 spiro atoms. The molecule has 6 atom stereocenters. The zero-order chi connectivity index (χ0) is 18.9. The number of hydrogen-bond donors (Lipinski definition) is 2. The SMILES string of the molecule is C=C(C)C(=O)OC1CC(C)(O)C(O)C=CC(C)CC2OC(=O)C(=C)C12. The van der Waals surface area contributed by atoms with E-state index >= 15 is 0 Å². The number of aliphatic hydroxyl groups is 2. The van der Waals surface area contributed by atoms with Crippen molar-refractivity contribution < 1.29 is 29.3 Å². The van der Waals surface area contributed by atoms with Crippen LogP contribution < -0.4 is 0 Å². The van der Waals surface area contributed by atoms with Crippen LogP contribution in [0, 0.1) is 11.8 Å². The Balaban J connectivity index is 2.43. The summed E-state index contributed by atoms with van der Waals surface area (Å²) in [4.78, 5) is 24.1. The predicted octanol–water partition coefficient (Wildman–Crippen LogP) is 1.67. The van der Waals surface area contributed by atoms with Gasteiger partial charge >= 0.3 is 11.9 Å². The molecule has 25 heavy (non-hydrogen) atoms. The zero-order valence-electron chi connectivity index (χ0n) is 14.9. The van der Waals surface area contributed by atoms with Crippen molar-refractivity contribution in [2.24, 2.45) is 11.8 Å². The Morgan fingerprint density at radius 3 is 2.68 bits per heavy atom. The third-order valence-corrected chi connectivity index (χ3v) is 4.81. The van der Waals surface area contributed by atoms with Crippen molar-refractivity contribution >= 4 is 11.9 Å². The molecule has 0 bridgehead atoms. The van der Waals surface area contributed by atoms with Crippen LogP contribution in [0.4, 0.5) is 0 Å². The fraction of sp³-hybridized carbons (Fsp3) is 0.579. The highest BCUT2D eigenvalue weighted by Crippen LogP contribution is 2.39. The summed E-state index contributed by atoms with van der Waals surface area (Å²) in [6.07, 6.45) is 1.23. The Morgan fingerprint density at radius 1 is 1.44 bits per heavy atom. The lowest BCUT2D eigenvalue weighted by Gasteiger charge is -2.36. The van der Waals surface area contributed by atoms with Crippen molar-refractivity contribution in [2.75, 3.05) is 0 Å². The Kier molecular flexibility index (Phi) is 5.54. The molecule has 2 N–H and O–H groups in total. The Hall–Kier alpha value is -1.92. The first-order chi connectivity index (χ1) is 11.5. The summed E-state index contributed by atoms with van der Waals surface area (Å²) in [5.74, 6) is -1.74. The van der Waals surface area contributed by atoms with Gasteiger partial charge in [0.2, 0.25) is 0 Å². The molecule has 6 unspecified atom stereocenters. The minimum Gasteiger partial charge on any atom is -0.458 e. The van der Waals surface area contributed by atoms with Crippen LogP contribution in [-0.2, 0) is 19.1 Å². The second-order valence-corrected chi connectivity index (χ2v) is 7.32.